The van der Waals surface area contributed by atoms with Gasteiger partial charge in [0.15, 0.2) is 11.5 Å². The van der Waals surface area contributed by atoms with Crippen LogP contribution in [0.5, 0.6) is 0 Å². The maximum absolute atomic E-state index is 13.4. The minimum absolute atomic E-state index is 0.162. The molecule has 0 aliphatic carbocycles. The largest absolute Gasteiger partial charge is 0.446 e. The molecule has 0 aliphatic rings. The molecular weight excluding hydrogens is 885 g/mol. The molecule has 11 nitrogen and oxygen atoms in total. The van der Waals surface area contributed by atoms with Crippen molar-refractivity contribution < 1.29 is 23.6 Å². The van der Waals surface area contributed by atoms with Gasteiger partial charge >= 0.3 is 11.8 Å². The van der Waals surface area contributed by atoms with Crippen LogP contribution in [0.15, 0.2) is 77.2 Å². The summed E-state index contributed by atoms with van der Waals surface area (Å²) in [6.45, 7) is 5.92. The highest BCUT2D eigenvalue weighted by molar-refractivity contribution is 5.97. The second-order valence-corrected chi connectivity index (χ2v) is 20.1. The number of rotatable bonds is 44. The number of furan rings is 1. The zero-order valence-electron chi connectivity index (χ0n) is 44.6. The number of carbonyl (C=O) groups excluding carboxylic acids is 4. The second kappa shape index (κ2) is 42.1. The Hall–Kier alpha value is -4.48. The third kappa shape index (κ3) is 30.9. The van der Waals surface area contributed by atoms with E-state index < -0.39 is 23.9 Å². The predicted octanol–water partition coefficient (Wildman–Crippen LogP) is 13.7. The van der Waals surface area contributed by atoms with E-state index in [1.807, 2.05) is 60.7 Å². The number of benzene rings is 2. The molecule has 4 amide bonds. The lowest BCUT2D eigenvalue weighted by Crippen LogP contribution is -2.52. The van der Waals surface area contributed by atoms with E-state index in [0.29, 0.717) is 25.9 Å². The Labute approximate surface area is 430 Å². The third-order valence-electron chi connectivity index (χ3n) is 13.7. The van der Waals surface area contributed by atoms with E-state index in [9.17, 15) is 19.2 Å². The second-order valence-electron chi connectivity index (χ2n) is 20.1. The molecule has 6 N–H and O–H groups in total. The maximum Gasteiger partial charge on any atom is 0.305 e. The molecule has 3 aromatic rings. The lowest BCUT2D eigenvalue weighted by atomic mass is 10.0. The summed E-state index contributed by atoms with van der Waals surface area (Å²) < 4.78 is 5.56. The highest BCUT2D eigenvalue weighted by Gasteiger charge is 2.23. The van der Waals surface area contributed by atoms with Crippen molar-refractivity contribution in [2.75, 3.05) is 13.1 Å². The van der Waals surface area contributed by atoms with Crippen LogP contribution in [0.2, 0.25) is 0 Å². The van der Waals surface area contributed by atoms with Crippen molar-refractivity contribution in [1.29, 1.82) is 0 Å². The van der Waals surface area contributed by atoms with E-state index >= 15 is 0 Å². The first-order valence-corrected chi connectivity index (χ1v) is 28.8. The average molecular weight is 983 g/mol. The first-order chi connectivity index (χ1) is 34.9. The van der Waals surface area contributed by atoms with Crippen molar-refractivity contribution in [2.45, 2.75) is 244 Å². The van der Waals surface area contributed by atoms with Gasteiger partial charge in [-0.3, -0.25) is 40.9 Å². The van der Waals surface area contributed by atoms with Gasteiger partial charge in [0, 0.05) is 0 Å². The van der Waals surface area contributed by atoms with Crippen molar-refractivity contribution in [3.05, 3.63) is 95.4 Å². The molecule has 1 aromatic heterocycles. The predicted molar refractivity (Wildman–Crippen MR) is 293 cm³/mol. The smallest absolute Gasteiger partial charge is 0.305 e. The summed E-state index contributed by atoms with van der Waals surface area (Å²) in [5, 5.41) is 6.80. The van der Waals surface area contributed by atoms with E-state index in [1.54, 1.807) is 0 Å². The molecule has 0 bridgehead atoms. The summed E-state index contributed by atoms with van der Waals surface area (Å²) in [4.78, 5) is 52.9. The molecule has 0 radical (unpaired) electrons. The van der Waals surface area contributed by atoms with E-state index in [-0.39, 0.29) is 23.3 Å². The molecule has 0 fully saturated rings. The normalized spacial score (nSPS) is 12.1. The number of hydrogen-bond acceptors (Lipinski definition) is 7. The summed E-state index contributed by atoms with van der Waals surface area (Å²) in [5.74, 6) is -2.49. The van der Waals surface area contributed by atoms with Crippen molar-refractivity contribution in [2.24, 2.45) is 0 Å². The fraction of sp³-hybridized carbons (Fsp3) is 0.667. The Morgan fingerprint density at radius 1 is 0.352 bits per heavy atom. The van der Waals surface area contributed by atoms with E-state index in [4.69, 9.17) is 4.42 Å². The van der Waals surface area contributed by atoms with Crippen LogP contribution in [0.3, 0.4) is 0 Å². The Morgan fingerprint density at radius 3 is 0.901 bits per heavy atom. The van der Waals surface area contributed by atoms with Gasteiger partial charge < -0.3 is 15.1 Å². The molecule has 0 saturated heterocycles. The maximum atomic E-state index is 13.4. The minimum atomic E-state index is -0.709. The van der Waals surface area contributed by atoms with Crippen LogP contribution < -0.4 is 32.3 Å². The fourth-order valence-corrected chi connectivity index (χ4v) is 9.23. The molecule has 11 heteroatoms. The Morgan fingerprint density at radius 2 is 0.620 bits per heavy atom. The van der Waals surface area contributed by atoms with Gasteiger partial charge in [0.25, 0.3) is 11.8 Å². The van der Waals surface area contributed by atoms with Gasteiger partial charge in [0.05, 0.1) is 12.1 Å². The highest BCUT2D eigenvalue weighted by Crippen LogP contribution is 2.16. The molecule has 398 valence electrons. The average Bonchev–Trinajstić information content (AvgIpc) is 3.90. The van der Waals surface area contributed by atoms with E-state index in [0.717, 1.165) is 36.8 Å². The number of unbranched alkanes of at least 4 members (excludes halogenated alkanes) is 30. The summed E-state index contributed by atoms with van der Waals surface area (Å²) >= 11 is 0. The van der Waals surface area contributed by atoms with Crippen LogP contribution in [0, 0.1) is 0 Å². The zero-order chi connectivity index (χ0) is 50.7. The standard InChI is InChI=1S/C60H98N6O5/c1-3-5-7-9-11-13-15-17-19-21-23-25-27-29-31-39-47-61-53(49-51-41-35-33-36-42-51)57(67)63-65-59(69)55-45-46-56(71-55)60(70)66-64-58(68)54(50-52-43-37-34-38-44-52)62-48-40-32-30-28-26-24-22-20-18-16-14-12-10-8-6-4-2/h33-38,41-46,53-54,61-62H,3-32,39-40,47-50H2,1-2H3,(H,63,67)(H,64,68)(H,65,69)(H,66,70)/t53-,54-/m0/s1. The summed E-state index contributed by atoms with van der Waals surface area (Å²) in [6, 6.07) is 21.2. The minimum Gasteiger partial charge on any atom is -0.446 e. The van der Waals surface area contributed by atoms with Crippen LogP contribution in [-0.4, -0.2) is 48.8 Å². The topological polar surface area (TPSA) is 154 Å². The number of amides is 4. The van der Waals surface area contributed by atoms with Gasteiger partial charge in [0.2, 0.25) is 0 Å². The van der Waals surface area contributed by atoms with Gasteiger partial charge in [0.1, 0.15) is 0 Å². The van der Waals surface area contributed by atoms with E-state index in [1.165, 1.54) is 192 Å². The van der Waals surface area contributed by atoms with Gasteiger partial charge in [-0.1, -0.05) is 267 Å². The summed E-state index contributed by atoms with van der Waals surface area (Å²) in [5.41, 5.74) is 12.0. The van der Waals surface area contributed by atoms with Crippen molar-refractivity contribution in [1.82, 2.24) is 32.3 Å². The Balaban J connectivity index is 1.33. The molecule has 0 spiro atoms. The zero-order valence-corrected chi connectivity index (χ0v) is 44.6. The summed E-state index contributed by atoms with van der Waals surface area (Å²) in [7, 11) is 0. The molecular formula is C60H98N6O5. The van der Waals surface area contributed by atoms with E-state index in [2.05, 4.69) is 46.2 Å². The van der Waals surface area contributed by atoms with Crippen LogP contribution >= 0.6 is 0 Å². The van der Waals surface area contributed by atoms with Crippen LogP contribution in [0.1, 0.15) is 252 Å². The van der Waals surface area contributed by atoms with Crippen LogP contribution in [0.4, 0.5) is 0 Å². The highest BCUT2D eigenvalue weighted by atomic mass is 16.4. The molecule has 0 aliphatic heterocycles. The number of hydrogen-bond donors (Lipinski definition) is 6. The Bertz CT molecular complexity index is 1640. The molecule has 71 heavy (non-hydrogen) atoms. The molecule has 2 aromatic carbocycles. The molecule has 0 saturated carbocycles. The number of hydrazine groups is 2. The number of carbonyl (C=O) groups is 4. The fourth-order valence-electron chi connectivity index (χ4n) is 9.23. The molecule has 3 rings (SSSR count). The van der Waals surface area contributed by atoms with Gasteiger partial charge in [-0.25, -0.2) is 0 Å². The lowest BCUT2D eigenvalue weighted by molar-refractivity contribution is -0.124. The van der Waals surface area contributed by atoms with Crippen LogP contribution in [-0.2, 0) is 22.4 Å². The molecule has 1 heterocycles. The quantitative estimate of drug-likeness (QED) is 0.0244. The first-order valence-electron chi connectivity index (χ1n) is 28.8. The van der Waals surface area contributed by atoms with Crippen molar-refractivity contribution >= 4 is 23.6 Å². The lowest BCUT2D eigenvalue weighted by Gasteiger charge is -2.19. The molecule has 0 unspecified atom stereocenters. The van der Waals surface area contributed by atoms with Crippen molar-refractivity contribution in [3.63, 3.8) is 0 Å². The monoisotopic (exact) mass is 983 g/mol. The molecule has 2 atom stereocenters. The third-order valence-corrected chi connectivity index (χ3v) is 13.7. The summed E-state index contributed by atoms with van der Waals surface area (Å²) in [6.07, 6.45) is 42.6. The van der Waals surface area contributed by atoms with Gasteiger partial charge in [-0.05, 0) is 62.0 Å². The Kier molecular flexibility index (Phi) is 36.0. The SMILES string of the molecule is CCCCCCCCCCCCCCCCCCN[C@@H](Cc1ccccc1)C(=O)NNC(=O)c1ccc(C(=O)NNC(=O)[C@H](Cc2ccccc2)NCCCCCCCCCCCCCCCCCC)o1. The van der Waals surface area contributed by atoms with Crippen molar-refractivity contribution in [3.8, 4) is 0 Å². The number of nitrogens with one attached hydrogen (secondary N) is 6. The first kappa shape index (κ1) is 60.8. The van der Waals surface area contributed by atoms with Crippen LogP contribution in [0.25, 0.3) is 0 Å². The van der Waals surface area contributed by atoms with Gasteiger partial charge in [-0.15, -0.1) is 0 Å². The van der Waals surface area contributed by atoms with Gasteiger partial charge in [-0.2, -0.15) is 0 Å².